The Labute approximate surface area is 106 Å². The maximum atomic E-state index is 6.29. The molecule has 1 atom stereocenters. The van der Waals surface area contributed by atoms with E-state index in [1.54, 1.807) is 11.3 Å². The molecule has 0 aromatic carbocycles. The SMILES string of the molecule is Cc1ccsc1C(N)Cc1c(C)nn(C)c1C. The first kappa shape index (κ1) is 12.3. The average molecular weight is 249 g/mol. The minimum atomic E-state index is 0.0802. The van der Waals surface area contributed by atoms with Gasteiger partial charge in [0.1, 0.15) is 0 Å². The number of hydrogen-bond acceptors (Lipinski definition) is 3. The third-order valence-electron chi connectivity index (χ3n) is 3.32. The number of nitrogens with zero attached hydrogens (tertiary/aromatic N) is 2. The summed E-state index contributed by atoms with van der Waals surface area (Å²) in [5.41, 5.74) is 11.2. The van der Waals surface area contributed by atoms with Gasteiger partial charge >= 0.3 is 0 Å². The summed E-state index contributed by atoms with van der Waals surface area (Å²) >= 11 is 1.74. The third-order valence-corrected chi connectivity index (χ3v) is 4.47. The standard InChI is InChI=1S/C13H19N3S/c1-8-5-6-17-13(8)12(14)7-11-9(2)15-16(4)10(11)3/h5-6,12H,7,14H2,1-4H3. The van der Waals surface area contributed by atoms with E-state index in [1.165, 1.54) is 21.7 Å². The molecule has 0 aliphatic carbocycles. The van der Waals surface area contributed by atoms with E-state index in [-0.39, 0.29) is 6.04 Å². The lowest BCUT2D eigenvalue weighted by atomic mass is 10.0. The molecule has 2 N–H and O–H groups in total. The summed E-state index contributed by atoms with van der Waals surface area (Å²) in [6, 6.07) is 2.21. The van der Waals surface area contributed by atoms with E-state index in [1.807, 2.05) is 11.7 Å². The van der Waals surface area contributed by atoms with Crippen LogP contribution in [-0.4, -0.2) is 9.78 Å². The summed E-state index contributed by atoms with van der Waals surface area (Å²) in [6.07, 6.45) is 0.868. The van der Waals surface area contributed by atoms with Crippen molar-refractivity contribution in [3.05, 3.63) is 38.8 Å². The van der Waals surface area contributed by atoms with Crippen molar-refractivity contribution >= 4 is 11.3 Å². The number of thiophene rings is 1. The van der Waals surface area contributed by atoms with Crippen LogP contribution in [0.4, 0.5) is 0 Å². The summed E-state index contributed by atoms with van der Waals surface area (Å²) in [4.78, 5) is 1.28. The quantitative estimate of drug-likeness (QED) is 0.909. The fourth-order valence-electron chi connectivity index (χ4n) is 2.19. The van der Waals surface area contributed by atoms with E-state index in [2.05, 4.69) is 37.3 Å². The minimum absolute atomic E-state index is 0.0802. The van der Waals surface area contributed by atoms with Crippen LogP contribution in [0, 0.1) is 20.8 Å². The normalized spacial score (nSPS) is 13.0. The molecule has 0 aliphatic heterocycles. The first-order valence-corrected chi connectivity index (χ1v) is 6.67. The summed E-state index contributed by atoms with van der Waals surface area (Å²) in [5.74, 6) is 0. The van der Waals surface area contributed by atoms with Crippen LogP contribution in [-0.2, 0) is 13.5 Å². The highest BCUT2D eigenvalue weighted by molar-refractivity contribution is 7.10. The smallest absolute Gasteiger partial charge is 0.0629 e. The predicted molar refractivity (Wildman–Crippen MR) is 72.4 cm³/mol. The molecular formula is C13H19N3S. The van der Waals surface area contributed by atoms with Gasteiger partial charge in [-0.25, -0.2) is 0 Å². The van der Waals surface area contributed by atoms with Crippen molar-refractivity contribution in [2.45, 2.75) is 33.2 Å². The zero-order chi connectivity index (χ0) is 12.6. The molecule has 0 amide bonds. The molecule has 2 aromatic rings. The monoisotopic (exact) mass is 249 g/mol. The van der Waals surface area contributed by atoms with Crippen LogP contribution >= 0.6 is 11.3 Å². The average Bonchev–Trinajstić information content (AvgIpc) is 2.78. The number of rotatable bonds is 3. The molecular weight excluding hydrogens is 230 g/mol. The van der Waals surface area contributed by atoms with Crippen molar-refractivity contribution < 1.29 is 0 Å². The molecule has 1 unspecified atom stereocenters. The summed E-state index contributed by atoms with van der Waals surface area (Å²) < 4.78 is 1.93. The highest BCUT2D eigenvalue weighted by Crippen LogP contribution is 2.26. The molecule has 2 aromatic heterocycles. The lowest BCUT2D eigenvalue weighted by Gasteiger charge is -2.11. The second kappa shape index (κ2) is 4.63. The van der Waals surface area contributed by atoms with Gasteiger partial charge in [-0.15, -0.1) is 11.3 Å². The maximum absolute atomic E-state index is 6.29. The van der Waals surface area contributed by atoms with Crippen molar-refractivity contribution in [2.75, 3.05) is 0 Å². The fourth-order valence-corrected chi connectivity index (χ4v) is 3.12. The molecule has 2 heterocycles. The van der Waals surface area contributed by atoms with Crippen molar-refractivity contribution in [2.24, 2.45) is 12.8 Å². The van der Waals surface area contributed by atoms with Crippen LogP contribution in [0.5, 0.6) is 0 Å². The van der Waals surface area contributed by atoms with Crippen LogP contribution in [0.2, 0.25) is 0 Å². The fraction of sp³-hybridized carbons (Fsp3) is 0.462. The predicted octanol–water partition coefficient (Wildman–Crippen LogP) is 2.65. The Morgan fingerprint density at radius 1 is 1.41 bits per heavy atom. The highest BCUT2D eigenvalue weighted by Gasteiger charge is 2.16. The van der Waals surface area contributed by atoms with E-state index in [4.69, 9.17) is 5.73 Å². The van der Waals surface area contributed by atoms with Crippen molar-refractivity contribution in [1.82, 2.24) is 9.78 Å². The molecule has 2 rings (SSSR count). The van der Waals surface area contributed by atoms with Crippen LogP contribution in [0.1, 0.15) is 33.4 Å². The molecule has 0 bridgehead atoms. The molecule has 0 saturated carbocycles. The van der Waals surface area contributed by atoms with Gasteiger partial charge in [0, 0.05) is 23.7 Å². The molecule has 4 heteroatoms. The van der Waals surface area contributed by atoms with Gasteiger partial charge in [-0.1, -0.05) is 0 Å². The summed E-state index contributed by atoms with van der Waals surface area (Å²) in [5, 5.41) is 6.54. The van der Waals surface area contributed by atoms with Gasteiger partial charge in [0.25, 0.3) is 0 Å². The van der Waals surface area contributed by atoms with Gasteiger partial charge in [0.2, 0.25) is 0 Å². The largest absolute Gasteiger partial charge is 0.323 e. The molecule has 0 spiro atoms. The van der Waals surface area contributed by atoms with E-state index in [0.717, 1.165) is 12.1 Å². The maximum Gasteiger partial charge on any atom is 0.0629 e. The topological polar surface area (TPSA) is 43.8 Å². The van der Waals surface area contributed by atoms with Crippen LogP contribution in [0.15, 0.2) is 11.4 Å². The van der Waals surface area contributed by atoms with Gasteiger partial charge < -0.3 is 5.73 Å². The Hall–Kier alpha value is -1.13. The number of aromatic nitrogens is 2. The molecule has 0 radical (unpaired) electrons. The molecule has 0 fully saturated rings. The Kier molecular flexibility index (Phi) is 3.35. The lowest BCUT2D eigenvalue weighted by Crippen LogP contribution is -2.13. The number of aryl methyl sites for hydroxylation is 3. The van der Waals surface area contributed by atoms with Gasteiger partial charge in [0.15, 0.2) is 0 Å². The van der Waals surface area contributed by atoms with E-state index in [9.17, 15) is 0 Å². The van der Waals surface area contributed by atoms with E-state index < -0.39 is 0 Å². The Balaban J connectivity index is 2.24. The summed E-state index contributed by atoms with van der Waals surface area (Å²) in [6.45, 7) is 6.27. The first-order valence-electron chi connectivity index (χ1n) is 5.79. The van der Waals surface area contributed by atoms with Gasteiger partial charge in [-0.3, -0.25) is 4.68 Å². The van der Waals surface area contributed by atoms with Crippen molar-refractivity contribution in [3.63, 3.8) is 0 Å². The molecule has 0 aliphatic rings. The van der Waals surface area contributed by atoms with Gasteiger partial charge in [0.05, 0.1) is 5.69 Å². The third kappa shape index (κ3) is 2.28. The van der Waals surface area contributed by atoms with Gasteiger partial charge in [-0.05, 0) is 49.8 Å². The molecule has 92 valence electrons. The minimum Gasteiger partial charge on any atom is -0.323 e. The molecule has 3 nitrogen and oxygen atoms in total. The zero-order valence-electron chi connectivity index (χ0n) is 10.8. The lowest BCUT2D eigenvalue weighted by molar-refractivity contribution is 0.713. The molecule has 17 heavy (non-hydrogen) atoms. The first-order chi connectivity index (χ1) is 8.00. The Morgan fingerprint density at radius 3 is 2.59 bits per heavy atom. The second-order valence-corrected chi connectivity index (χ2v) is 5.50. The number of hydrogen-bond donors (Lipinski definition) is 1. The highest BCUT2D eigenvalue weighted by atomic mass is 32.1. The number of nitrogens with two attached hydrogens (primary N) is 1. The van der Waals surface area contributed by atoms with Crippen molar-refractivity contribution in [3.8, 4) is 0 Å². The van der Waals surface area contributed by atoms with Gasteiger partial charge in [-0.2, -0.15) is 5.10 Å². The van der Waals surface area contributed by atoms with Crippen molar-refractivity contribution in [1.29, 1.82) is 0 Å². The Morgan fingerprint density at radius 2 is 2.12 bits per heavy atom. The Bertz CT molecular complexity index is 525. The van der Waals surface area contributed by atoms with Crippen LogP contribution in [0.25, 0.3) is 0 Å². The van der Waals surface area contributed by atoms with Crippen LogP contribution in [0.3, 0.4) is 0 Å². The zero-order valence-corrected chi connectivity index (χ0v) is 11.6. The molecule has 0 saturated heterocycles. The van der Waals surface area contributed by atoms with E-state index in [0.29, 0.717) is 0 Å². The second-order valence-electron chi connectivity index (χ2n) is 4.55. The van der Waals surface area contributed by atoms with E-state index >= 15 is 0 Å². The van der Waals surface area contributed by atoms with Crippen LogP contribution < -0.4 is 5.73 Å². The summed E-state index contributed by atoms with van der Waals surface area (Å²) in [7, 11) is 1.98.